The molecule has 0 aliphatic carbocycles. The van der Waals surface area contributed by atoms with E-state index in [2.05, 4.69) is 15.5 Å². The second kappa shape index (κ2) is 5.99. The first-order chi connectivity index (χ1) is 8.40. The fraction of sp³-hybridized carbons (Fsp3) is 0.600. The third-order valence-electron chi connectivity index (χ3n) is 2.28. The Kier molecular flexibility index (Phi) is 4.64. The zero-order valence-electron chi connectivity index (χ0n) is 10.5. The molecule has 0 aliphatic rings. The molecule has 0 aromatic carbocycles. The maximum absolute atomic E-state index is 11.6. The number of hydrogen-bond acceptors (Lipinski definition) is 5. The molecule has 1 aromatic heterocycles. The van der Waals surface area contributed by atoms with E-state index in [1.54, 1.807) is 6.92 Å². The van der Waals surface area contributed by atoms with Gasteiger partial charge in [0.15, 0.2) is 5.82 Å². The first kappa shape index (κ1) is 13.9. The average Bonchev–Trinajstić information content (AvgIpc) is 2.71. The Hall–Kier alpha value is -2.12. The van der Waals surface area contributed by atoms with Crippen molar-refractivity contribution in [2.75, 3.05) is 13.6 Å². The van der Waals surface area contributed by atoms with E-state index >= 15 is 0 Å². The van der Waals surface area contributed by atoms with Crippen molar-refractivity contribution in [3.05, 3.63) is 11.7 Å². The molecule has 0 saturated carbocycles. The highest BCUT2D eigenvalue weighted by atomic mass is 16.5. The molecule has 1 heterocycles. The third-order valence-corrected chi connectivity index (χ3v) is 2.28. The highest BCUT2D eigenvalue weighted by Gasteiger charge is 2.17. The Morgan fingerprint density at radius 2 is 2.22 bits per heavy atom. The van der Waals surface area contributed by atoms with Crippen LogP contribution >= 0.6 is 0 Å². The van der Waals surface area contributed by atoms with Crippen molar-refractivity contribution < 1.29 is 19.2 Å². The van der Waals surface area contributed by atoms with Gasteiger partial charge in [-0.05, 0) is 0 Å². The van der Waals surface area contributed by atoms with E-state index in [1.807, 2.05) is 0 Å². The Morgan fingerprint density at radius 1 is 1.56 bits per heavy atom. The largest absolute Gasteiger partial charge is 0.481 e. The van der Waals surface area contributed by atoms with Crippen molar-refractivity contribution in [1.29, 1.82) is 0 Å². The van der Waals surface area contributed by atoms with Gasteiger partial charge in [-0.15, -0.1) is 0 Å². The van der Waals surface area contributed by atoms with Crippen LogP contribution in [-0.2, 0) is 11.3 Å². The first-order valence-electron chi connectivity index (χ1n) is 5.41. The molecule has 1 unspecified atom stereocenters. The van der Waals surface area contributed by atoms with E-state index in [0.29, 0.717) is 11.7 Å². The fourth-order valence-electron chi connectivity index (χ4n) is 1.27. The lowest BCUT2D eigenvalue weighted by Crippen LogP contribution is -2.40. The minimum atomic E-state index is -0.941. The molecular formula is C10H16N4O4. The van der Waals surface area contributed by atoms with Crippen LogP contribution in [-0.4, -0.2) is 45.7 Å². The molecule has 2 amide bonds. The number of nitrogens with one attached hydrogen (secondary N) is 1. The normalized spacial score (nSPS) is 11.9. The van der Waals surface area contributed by atoms with Crippen LogP contribution in [0.2, 0.25) is 0 Å². The number of aromatic nitrogens is 2. The summed E-state index contributed by atoms with van der Waals surface area (Å²) in [6.45, 7) is 3.46. The van der Waals surface area contributed by atoms with Gasteiger partial charge in [0.05, 0.1) is 12.5 Å². The zero-order chi connectivity index (χ0) is 13.7. The third kappa shape index (κ3) is 4.04. The van der Waals surface area contributed by atoms with Crippen molar-refractivity contribution >= 4 is 12.0 Å². The molecule has 2 N–H and O–H groups in total. The summed E-state index contributed by atoms with van der Waals surface area (Å²) in [5.74, 6) is -0.760. The predicted octanol–water partition coefficient (Wildman–Crippen LogP) is 0.240. The molecule has 0 spiro atoms. The minimum absolute atomic E-state index is 0.131. The summed E-state index contributed by atoms with van der Waals surface area (Å²) in [5, 5.41) is 14.9. The van der Waals surface area contributed by atoms with Crippen molar-refractivity contribution in [3.8, 4) is 0 Å². The highest BCUT2D eigenvalue weighted by Crippen LogP contribution is 1.99. The summed E-state index contributed by atoms with van der Waals surface area (Å²) >= 11 is 0. The minimum Gasteiger partial charge on any atom is -0.481 e. The molecule has 8 heteroatoms. The van der Waals surface area contributed by atoms with Gasteiger partial charge in [0.2, 0.25) is 5.89 Å². The molecule has 100 valence electrons. The van der Waals surface area contributed by atoms with Gasteiger partial charge in [-0.2, -0.15) is 4.98 Å². The van der Waals surface area contributed by atoms with Crippen LogP contribution in [0.5, 0.6) is 0 Å². The van der Waals surface area contributed by atoms with Crippen molar-refractivity contribution in [2.24, 2.45) is 5.92 Å². The average molecular weight is 256 g/mol. The number of urea groups is 1. The summed E-state index contributed by atoms with van der Waals surface area (Å²) in [6.07, 6.45) is 0. The van der Waals surface area contributed by atoms with Gasteiger partial charge in [-0.25, -0.2) is 4.79 Å². The second-order valence-corrected chi connectivity index (χ2v) is 4.01. The fourth-order valence-corrected chi connectivity index (χ4v) is 1.27. The monoisotopic (exact) mass is 256 g/mol. The van der Waals surface area contributed by atoms with E-state index in [-0.39, 0.29) is 19.1 Å². The van der Waals surface area contributed by atoms with Gasteiger partial charge in [-0.3, -0.25) is 4.79 Å². The highest BCUT2D eigenvalue weighted by molar-refractivity contribution is 5.75. The molecular weight excluding hydrogens is 240 g/mol. The molecule has 1 aromatic rings. The summed E-state index contributed by atoms with van der Waals surface area (Å²) in [5.41, 5.74) is 0. The standard InChI is InChI=1S/C10H16N4O4/c1-6(9(15)16)5-14(3)10(17)11-4-8-12-7(2)18-13-8/h6H,4-5H2,1-3H3,(H,11,17)(H,15,16). The van der Waals surface area contributed by atoms with Crippen LogP contribution in [0.1, 0.15) is 18.6 Å². The summed E-state index contributed by atoms with van der Waals surface area (Å²) < 4.78 is 4.75. The number of carbonyl (C=O) groups excluding carboxylic acids is 1. The molecule has 1 rings (SSSR count). The van der Waals surface area contributed by atoms with E-state index in [0.717, 1.165) is 0 Å². The number of aryl methyl sites for hydroxylation is 1. The molecule has 8 nitrogen and oxygen atoms in total. The second-order valence-electron chi connectivity index (χ2n) is 4.01. The van der Waals surface area contributed by atoms with Crippen LogP contribution in [0.4, 0.5) is 4.79 Å². The molecule has 18 heavy (non-hydrogen) atoms. The van der Waals surface area contributed by atoms with Crippen molar-refractivity contribution in [3.63, 3.8) is 0 Å². The number of carbonyl (C=O) groups is 2. The summed E-state index contributed by atoms with van der Waals surface area (Å²) in [7, 11) is 1.52. The predicted molar refractivity (Wildman–Crippen MR) is 60.7 cm³/mol. The number of amides is 2. The maximum Gasteiger partial charge on any atom is 0.317 e. The Morgan fingerprint density at radius 3 is 2.72 bits per heavy atom. The van der Waals surface area contributed by atoms with Crippen LogP contribution < -0.4 is 5.32 Å². The molecule has 0 aliphatic heterocycles. The number of rotatable bonds is 5. The lowest BCUT2D eigenvalue weighted by atomic mass is 10.2. The van der Waals surface area contributed by atoms with Crippen LogP contribution in [0.3, 0.4) is 0 Å². The Bertz CT molecular complexity index is 431. The zero-order valence-corrected chi connectivity index (χ0v) is 10.5. The number of carboxylic acid groups (broad SMARTS) is 1. The van der Waals surface area contributed by atoms with Gasteiger partial charge in [-0.1, -0.05) is 12.1 Å². The number of aliphatic carboxylic acids is 1. The lowest BCUT2D eigenvalue weighted by molar-refractivity contribution is -0.141. The number of hydrogen-bond donors (Lipinski definition) is 2. The summed E-state index contributed by atoms with van der Waals surface area (Å²) in [4.78, 5) is 27.5. The van der Waals surface area contributed by atoms with Gasteiger partial charge in [0, 0.05) is 20.5 Å². The van der Waals surface area contributed by atoms with E-state index in [9.17, 15) is 9.59 Å². The quantitative estimate of drug-likeness (QED) is 0.781. The number of nitrogens with zero attached hydrogens (tertiary/aromatic N) is 3. The van der Waals surface area contributed by atoms with Gasteiger partial charge >= 0.3 is 12.0 Å². The molecule has 0 fully saturated rings. The Labute approximate surface area is 104 Å². The van der Waals surface area contributed by atoms with Crippen molar-refractivity contribution in [2.45, 2.75) is 20.4 Å². The van der Waals surface area contributed by atoms with Crippen LogP contribution in [0.15, 0.2) is 4.52 Å². The van der Waals surface area contributed by atoms with Crippen LogP contribution in [0, 0.1) is 12.8 Å². The molecule has 0 bridgehead atoms. The van der Waals surface area contributed by atoms with Crippen LogP contribution in [0.25, 0.3) is 0 Å². The smallest absolute Gasteiger partial charge is 0.317 e. The van der Waals surface area contributed by atoms with Gasteiger partial charge in [0.25, 0.3) is 0 Å². The Balaban J connectivity index is 2.38. The SMILES string of the molecule is Cc1nc(CNC(=O)N(C)CC(C)C(=O)O)no1. The van der Waals surface area contributed by atoms with E-state index < -0.39 is 11.9 Å². The maximum atomic E-state index is 11.6. The van der Waals surface area contributed by atoms with E-state index in [4.69, 9.17) is 9.63 Å². The van der Waals surface area contributed by atoms with Gasteiger partial charge in [0.1, 0.15) is 0 Å². The molecule has 0 saturated heterocycles. The van der Waals surface area contributed by atoms with Gasteiger partial charge < -0.3 is 19.8 Å². The molecule has 0 radical (unpaired) electrons. The lowest BCUT2D eigenvalue weighted by Gasteiger charge is -2.19. The topological polar surface area (TPSA) is 109 Å². The number of carboxylic acids is 1. The van der Waals surface area contributed by atoms with Crippen molar-refractivity contribution in [1.82, 2.24) is 20.4 Å². The molecule has 1 atom stereocenters. The first-order valence-corrected chi connectivity index (χ1v) is 5.41. The van der Waals surface area contributed by atoms with E-state index in [1.165, 1.54) is 18.9 Å². The summed E-state index contributed by atoms with van der Waals surface area (Å²) in [6, 6.07) is -0.384.